The van der Waals surface area contributed by atoms with Gasteiger partial charge in [-0.05, 0) is 29.1 Å². The van der Waals surface area contributed by atoms with Crippen LogP contribution in [-0.2, 0) is 0 Å². The summed E-state index contributed by atoms with van der Waals surface area (Å²) in [6.45, 7) is 0. The first-order valence-electron chi connectivity index (χ1n) is 4.61. The van der Waals surface area contributed by atoms with E-state index in [9.17, 15) is 0 Å². The minimum Gasteiger partial charge on any atom is -0.387 e. The van der Waals surface area contributed by atoms with Crippen LogP contribution in [0, 0.1) is 11.3 Å². The topological polar surface area (TPSA) is 35.8 Å². The molecule has 0 aliphatic carbocycles. The van der Waals surface area contributed by atoms with Gasteiger partial charge >= 0.3 is 0 Å². The van der Waals surface area contributed by atoms with Gasteiger partial charge in [-0.15, -0.1) is 11.3 Å². The molecule has 15 heavy (non-hydrogen) atoms. The Balaban J connectivity index is 2.50. The van der Waals surface area contributed by atoms with Gasteiger partial charge in [0.05, 0.1) is 22.2 Å². The summed E-state index contributed by atoms with van der Waals surface area (Å²) in [5.41, 5.74) is 2.89. The predicted octanol–water partition coefficient (Wildman–Crippen LogP) is 3.33. The first-order valence-corrected chi connectivity index (χ1v) is 5.49. The van der Waals surface area contributed by atoms with E-state index in [1.165, 1.54) is 4.88 Å². The number of thiophene rings is 1. The first-order chi connectivity index (χ1) is 7.35. The lowest BCUT2D eigenvalue weighted by Crippen LogP contribution is -1.87. The molecule has 0 radical (unpaired) electrons. The molecule has 1 N–H and O–H groups in total. The van der Waals surface area contributed by atoms with Crippen molar-refractivity contribution in [2.45, 2.75) is 0 Å². The molecule has 2 aromatic rings. The SMILES string of the molecule is CNc1ccsc1-c1cccc(C#N)c1. The number of hydrogen-bond donors (Lipinski definition) is 1. The van der Waals surface area contributed by atoms with Crippen LogP contribution in [0.4, 0.5) is 5.69 Å². The fourth-order valence-corrected chi connectivity index (χ4v) is 2.36. The molecule has 2 rings (SSSR count). The molecule has 0 atom stereocenters. The van der Waals surface area contributed by atoms with Crippen LogP contribution < -0.4 is 5.32 Å². The number of hydrogen-bond acceptors (Lipinski definition) is 3. The Hall–Kier alpha value is -1.79. The average Bonchev–Trinajstić information content (AvgIpc) is 2.77. The van der Waals surface area contributed by atoms with Crippen LogP contribution >= 0.6 is 11.3 Å². The van der Waals surface area contributed by atoms with E-state index >= 15 is 0 Å². The molecule has 0 amide bonds. The highest BCUT2D eigenvalue weighted by Gasteiger charge is 2.05. The third kappa shape index (κ3) is 1.85. The summed E-state index contributed by atoms with van der Waals surface area (Å²) in [7, 11) is 1.90. The van der Waals surface area contributed by atoms with Crippen LogP contribution in [0.3, 0.4) is 0 Å². The van der Waals surface area contributed by atoms with Crippen molar-refractivity contribution in [2.75, 3.05) is 12.4 Å². The molecular weight excluding hydrogens is 204 g/mol. The maximum absolute atomic E-state index is 8.82. The van der Waals surface area contributed by atoms with E-state index in [2.05, 4.69) is 11.4 Å². The van der Waals surface area contributed by atoms with Crippen LogP contribution in [0.15, 0.2) is 35.7 Å². The molecule has 0 spiro atoms. The van der Waals surface area contributed by atoms with Gasteiger partial charge in [-0.3, -0.25) is 0 Å². The van der Waals surface area contributed by atoms with Crippen molar-refractivity contribution in [1.82, 2.24) is 0 Å². The third-order valence-corrected chi connectivity index (χ3v) is 3.15. The summed E-state index contributed by atoms with van der Waals surface area (Å²) < 4.78 is 0. The standard InChI is InChI=1S/C12H10N2S/c1-14-11-5-6-15-12(11)10-4-2-3-9(7-10)8-13/h2-7,14H,1H3. The quantitative estimate of drug-likeness (QED) is 0.832. The van der Waals surface area contributed by atoms with Gasteiger partial charge in [0, 0.05) is 7.05 Å². The fourth-order valence-electron chi connectivity index (χ4n) is 1.46. The van der Waals surface area contributed by atoms with E-state index < -0.39 is 0 Å². The van der Waals surface area contributed by atoms with Gasteiger partial charge in [-0.25, -0.2) is 0 Å². The number of nitrogens with one attached hydrogen (secondary N) is 1. The van der Waals surface area contributed by atoms with Crippen molar-refractivity contribution in [3.63, 3.8) is 0 Å². The van der Waals surface area contributed by atoms with E-state index in [0.717, 1.165) is 11.3 Å². The molecule has 74 valence electrons. The Morgan fingerprint density at radius 1 is 1.33 bits per heavy atom. The lowest BCUT2D eigenvalue weighted by molar-refractivity contribution is 1.48. The summed E-state index contributed by atoms with van der Waals surface area (Å²) in [6.07, 6.45) is 0. The molecule has 1 heterocycles. The second-order valence-corrected chi connectivity index (χ2v) is 4.02. The Kier molecular flexibility index (Phi) is 2.70. The lowest BCUT2D eigenvalue weighted by atomic mass is 10.1. The second kappa shape index (κ2) is 4.16. The Morgan fingerprint density at radius 3 is 2.93 bits per heavy atom. The van der Waals surface area contributed by atoms with Crippen molar-refractivity contribution < 1.29 is 0 Å². The van der Waals surface area contributed by atoms with Crippen molar-refractivity contribution in [3.8, 4) is 16.5 Å². The fraction of sp³-hybridized carbons (Fsp3) is 0.0833. The number of benzene rings is 1. The molecule has 2 nitrogen and oxygen atoms in total. The molecule has 0 unspecified atom stereocenters. The van der Waals surface area contributed by atoms with Crippen LogP contribution in [0.5, 0.6) is 0 Å². The molecular formula is C12H10N2S. The maximum atomic E-state index is 8.82. The normalized spacial score (nSPS) is 9.60. The van der Waals surface area contributed by atoms with E-state index in [-0.39, 0.29) is 0 Å². The smallest absolute Gasteiger partial charge is 0.0991 e. The van der Waals surface area contributed by atoms with Gasteiger partial charge < -0.3 is 5.32 Å². The van der Waals surface area contributed by atoms with Gasteiger partial charge in [-0.2, -0.15) is 5.26 Å². The summed E-state index contributed by atoms with van der Waals surface area (Å²) in [5, 5.41) is 14.0. The number of nitrogens with zero attached hydrogens (tertiary/aromatic N) is 1. The van der Waals surface area contributed by atoms with Crippen LogP contribution in [-0.4, -0.2) is 7.05 Å². The Morgan fingerprint density at radius 2 is 2.20 bits per heavy atom. The predicted molar refractivity (Wildman–Crippen MR) is 64.0 cm³/mol. The molecule has 0 fully saturated rings. The number of nitriles is 1. The summed E-state index contributed by atoms with van der Waals surface area (Å²) >= 11 is 1.67. The number of anilines is 1. The lowest BCUT2D eigenvalue weighted by Gasteiger charge is -2.02. The summed E-state index contributed by atoms with van der Waals surface area (Å²) in [5.74, 6) is 0. The zero-order valence-corrected chi connectivity index (χ0v) is 9.14. The van der Waals surface area contributed by atoms with Gasteiger partial charge in [0.1, 0.15) is 0 Å². The maximum Gasteiger partial charge on any atom is 0.0991 e. The highest BCUT2D eigenvalue weighted by atomic mass is 32.1. The summed E-state index contributed by atoms with van der Waals surface area (Å²) in [4.78, 5) is 1.18. The third-order valence-electron chi connectivity index (χ3n) is 2.19. The van der Waals surface area contributed by atoms with Gasteiger partial charge in [0.15, 0.2) is 0 Å². The van der Waals surface area contributed by atoms with E-state index in [1.54, 1.807) is 11.3 Å². The monoisotopic (exact) mass is 214 g/mol. The minimum atomic E-state index is 0.697. The second-order valence-electron chi connectivity index (χ2n) is 3.11. The first kappa shape index (κ1) is 9.75. The average molecular weight is 214 g/mol. The molecule has 0 saturated carbocycles. The molecule has 0 saturated heterocycles. The summed E-state index contributed by atoms with van der Waals surface area (Å²) in [6, 6.07) is 11.8. The molecule has 0 aliphatic heterocycles. The van der Waals surface area contributed by atoms with Crippen LogP contribution in [0.25, 0.3) is 10.4 Å². The van der Waals surface area contributed by atoms with Crippen LogP contribution in [0.2, 0.25) is 0 Å². The zero-order chi connectivity index (χ0) is 10.7. The van der Waals surface area contributed by atoms with Crippen molar-refractivity contribution in [3.05, 3.63) is 41.3 Å². The minimum absolute atomic E-state index is 0.697. The van der Waals surface area contributed by atoms with Gasteiger partial charge in [0.2, 0.25) is 0 Å². The van der Waals surface area contributed by atoms with Gasteiger partial charge in [-0.1, -0.05) is 12.1 Å². The zero-order valence-electron chi connectivity index (χ0n) is 8.32. The van der Waals surface area contributed by atoms with E-state index in [4.69, 9.17) is 5.26 Å². The largest absolute Gasteiger partial charge is 0.387 e. The van der Waals surface area contributed by atoms with E-state index in [0.29, 0.717) is 5.56 Å². The highest BCUT2D eigenvalue weighted by molar-refractivity contribution is 7.14. The molecule has 0 aliphatic rings. The molecule has 1 aromatic heterocycles. The van der Waals surface area contributed by atoms with E-state index in [1.807, 2.05) is 42.8 Å². The Labute approximate surface area is 92.8 Å². The van der Waals surface area contributed by atoms with Crippen molar-refractivity contribution in [1.29, 1.82) is 5.26 Å². The molecule has 3 heteroatoms. The van der Waals surface area contributed by atoms with Gasteiger partial charge in [0.25, 0.3) is 0 Å². The number of rotatable bonds is 2. The Bertz CT molecular complexity index is 508. The molecule has 1 aromatic carbocycles. The van der Waals surface area contributed by atoms with Crippen molar-refractivity contribution >= 4 is 17.0 Å². The van der Waals surface area contributed by atoms with Crippen LogP contribution in [0.1, 0.15) is 5.56 Å². The van der Waals surface area contributed by atoms with Crippen molar-refractivity contribution in [2.24, 2.45) is 0 Å². The molecule has 0 bridgehead atoms. The highest BCUT2D eigenvalue weighted by Crippen LogP contribution is 2.33.